The quantitative estimate of drug-likeness (QED) is 0.621. The summed E-state index contributed by atoms with van der Waals surface area (Å²) < 4.78 is 5.11. The summed E-state index contributed by atoms with van der Waals surface area (Å²) in [6.45, 7) is 1.92. The smallest absolute Gasteiger partial charge is 0.332 e. The molecule has 1 aromatic carbocycles. The number of hydrogen-bond donors (Lipinski definition) is 4. The van der Waals surface area contributed by atoms with Crippen LogP contribution in [-0.2, 0) is 4.79 Å². The van der Waals surface area contributed by atoms with Gasteiger partial charge in [0.15, 0.2) is 6.10 Å². The van der Waals surface area contributed by atoms with E-state index in [0.717, 1.165) is 11.3 Å². The van der Waals surface area contributed by atoms with E-state index in [1.165, 1.54) is 0 Å². The first-order valence-corrected chi connectivity index (χ1v) is 6.04. The second kappa shape index (κ2) is 7.34. The number of carboxylic acids is 1. The summed E-state index contributed by atoms with van der Waals surface area (Å²) in [6.07, 6.45) is -1.52. The lowest BCUT2D eigenvalue weighted by Gasteiger charge is -2.10. The summed E-state index contributed by atoms with van der Waals surface area (Å²) in [6, 6.07) is 4.72. The van der Waals surface area contributed by atoms with Crippen LogP contribution in [-0.4, -0.2) is 42.0 Å². The molecule has 0 heterocycles. The van der Waals surface area contributed by atoms with Crippen molar-refractivity contribution in [3.05, 3.63) is 23.8 Å². The van der Waals surface area contributed by atoms with Crippen LogP contribution in [0.25, 0.3) is 0 Å². The van der Waals surface area contributed by atoms with Crippen LogP contribution < -0.4 is 15.4 Å². The zero-order valence-electron chi connectivity index (χ0n) is 11.3. The third-order valence-electron chi connectivity index (χ3n) is 2.64. The number of hydrogen-bond acceptors (Lipinski definition) is 4. The third-order valence-corrected chi connectivity index (χ3v) is 2.64. The van der Waals surface area contributed by atoms with Crippen LogP contribution in [0.15, 0.2) is 18.2 Å². The molecule has 0 spiro atoms. The molecule has 0 unspecified atom stereocenters. The Hall–Kier alpha value is -2.28. The first-order valence-electron chi connectivity index (χ1n) is 6.04. The summed E-state index contributed by atoms with van der Waals surface area (Å²) in [5.74, 6) is -0.585. The molecule has 0 aromatic heterocycles. The number of amides is 2. The Morgan fingerprint density at radius 2 is 2.10 bits per heavy atom. The number of aliphatic hydroxyl groups is 1. The van der Waals surface area contributed by atoms with Gasteiger partial charge in [0.05, 0.1) is 7.11 Å². The SMILES string of the molecule is COc1ccc(NC(=O)NCC[C@H](O)C(=O)O)cc1C. The maximum absolute atomic E-state index is 11.5. The van der Waals surface area contributed by atoms with Gasteiger partial charge in [-0.05, 0) is 30.7 Å². The first kappa shape index (κ1) is 15.8. The number of rotatable bonds is 6. The van der Waals surface area contributed by atoms with Gasteiger partial charge in [-0.25, -0.2) is 9.59 Å². The number of ether oxygens (including phenoxy) is 1. The zero-order valence-corrected chi connectivity index (χ0v) is 11.3. The number of nitrogens with one attached hydrogen (secondary N) is 2. The van der Waals surface area contributed by atoms with E-state index in [2.05, 4.69) is 10.6 Å². The molecular weight excluding hydrogens is 264 g/mol. The Labute approximate surface area is 116 Å². The van der Waals surface area contributed by atoms with Crippen molar-refractivity contribution >= 4 is 17.7 Å². The molecule has 7 nitrogen and oxygen atoms in total. The average molecular weight is 282 g/mol. The molecule has 0 aliphatic carbocycles. The van der Waals surface area contributed by atoms with Crippen LogP contribution in [0.4, 0.5) is 10.5 Å². The standard InChI is InChI=1S/C13H18N2O5/c1-8-7-9(3-4-11(8)20-2)15-13(19)14-6-5-10(16)12(17)18/h3-4,7,10,16H,5-6H2,1-2H3,(H,17,18)(H2,14,15,19)/t10-/m0/s1. The Kier molecular flexibility index (Phi) is 5.79. The summed E-state index contributed by atoms with van der Waals surface area (Å²) in [5, 5.41) is 22.6. The predicted molar refractivity (Wildman–Crippen MR) is 73.0 cm³/mol. The van der Waals surface area contributed by atoms with Crippen LogP contribution in [0.5, 0.6) is 5.75 Å². The van der Waals surface area contributed by atoms with Gasteiger partial charge in [0.1, 0.15) is 5.75 Å². The third kappa shape index (κ3) is 4.77. The van der Waals surface area contributed by atoms with Gasteiger partial charge in [-0.2, -0.15) is 0 Å². The van der Waals surface area contributed by atoms with Crippen molar-refractivity contribution in [2.45, 2.75) is 19.4 Å². The minimum Gasteiger partial charge on any atom is -0.496 e. The largest absolute Gasteiger partial charge is 0.496 e. The number of benzene rings is 1. The van der Waals surface area contributed by atoms with Crippen LogP contribution in [0.1, 0.15) is 12.0 Å². The molecule has 1 aromatic rings. The van der Waals surface area contributed by atoms with Gasteiger partial charge >= 0.3 is 12.0 Å². The molecule has 0 aliphatic heterocycles. The molecule has 7 heteroatoms. The molecule has 110 valence electrons. The Morgan fingerprint density at radius 3 is 2.65 bits per heavy atom. The van der Waals surface area contributed by atoms with E-state index >= 15 is 0 Å². The topological polar surface area (TPSA) is 108 Å². The van der Waals surface area contributed by atoms with Crippen molar-refractivity contribution in [2.24, 2.45) is 0 Å². The maximum atomic E-state index is 11.5. The molecule has 0 fully saturated rings. The van der Waals surface area contributed by atoms with E-state index in [1.54, 1.807) is 25.3 Å². The number of aliphatic carboxylic acids is 1. The fraction of sp³-hybridized carbons (Fsp3) is 0.385. The van der Waals surface area contributed by atoms with Crippen LogP contribution in [0.3, 0.4) is 0 Å². The Balaban J connectivity index is 2.43. The van der Waals surface area contributed by atoms with E-state index in [1.807, 2.05) is 6.92 Å². The Morgan fingerprint density at radius 1 is 1.40 bits per heavy atom. The molecule has 1 atom stereocenters. The lowest BCUT2D eigenvalue weighted by atomic mass is 10.2. The predicted octanol–water partition coefficient (Wildman–Crippen LogP) is 0.961. The number of aryl methyl sites for hydroxylation is 1. The summed E-state index contributed by atoms with van der Waals surface area (Å²) in [4.78, 5) is 21.9. The lowest BCUT2D eigenvalue weighted by Crippen LogP contribution is -2.33. The molecule has 0 saturated heterocycles. The van der Waals surface area contributed by atoms with Gasteiger partial charge in [0, 0.05) is 18.7 Å². The van der Waals surface area contributed by atoms with E-state index in [4.69, 9.17) is 14.9 Å². The number of urea groups is 1. The van der Waals surface area contributed by atoms with Gasteiger partial charge in [0.2, 0.25) is 0 Å². The highest BCUT2D eigenvalue weighted by Gasteiger charge is 2.12. The molecule has 0 bridgehead atoms. The Bertz CT molecular complexity index is 490. The summed E-state index contributed by atoms with van der Waals surface area (Å²) >= 11 is 0. The van der Waals surface area contributed by atoms with Crippen molar-refractivity contribution in [3.63, 3.8) is 0 Å². The van der Waals surface area contributed by atoms with Crippen LogP contribution >= 0.6 is 0 Å². The highest BCUT2D eigenvalue weighted by molar-refractivity contribution is 5.89. The fourth-order valence-corrected chi connectivity index (χ4v) is 1.58. The second-order valence-corrected chi connectivity index (χ2v) is 4.21. The molecule has 4 N–H and O–H groups in total. The lowest BCUT2D eigenvalue weighted by molar-refractivity contribution is -0.146. The van der Waals surface area contributed by atoms with Gasteiger partial charge in [0.25, 0.3) is 0 Å². The minimum absolute atomic E-state index is 0.0512. The van der Waals surface area contributed by atoms with Gasteiger partial charge in [-0.3, -0.25) is 0 Å². The normalized spacial score (nSPS) is 11.6. The van der Waals surface area contributed by atoms with E-state index in [-0.39, 0.29) is 13.0 Å². The van der Waals surface area contributed by atoms with Crippen molar-refractivity contribution in [2.75, 3.05) is 19.0 Å². The molecule has 0 aliphatic rings. The number of anilines is 1. The van der Waals surface area contributed by atoms with Crippen LogP contribution in [0.2, 0.25) is 0 Å². The van der Waals surface area contributed by atoms with Crippen LogP contribution in [0, 0.1) is 6.92 Å². The molecule has 20 heavy (non-hydrogen) atoms. The number of carbonyl (C=O) groups is 2. The summed E-state index contributed by atoms with van der Waals surface area (Å²) in [5.41, 5.74) is 1.48. The summed E-state index contributed by atoms with van der Waals surface area (Å²) in [7, 11) is 1.57. The van der Waals surface area contributed by atoms with Crippen molar-refractivity contribution in [1.82, 2.24) is 5.32 Å². The second-order valence-electron chi connectivity index (χ2n) is 4.21. The fourth-order valence-electron chi connectivity index (χ4n) is 1.58. The van der Waals surface area contributed by atoms with Gasteiger partial charge < -0.3 is 25.6 Å². The first-order chi connectivity index (χ1) is 9.43. The zero-order chi connectivity index (χ0) is 15.1. The van der Waals surface area contributed by atoms with Crippen molar-refractivity contribution in [1.29, 1.82) is 0 Å². The van der Waals surface area contributed by atoms with E-state index < -0.39 is 18.1 Å². The number of carboxylic acid groups (broad SMARTS) is 1. The number of methoxy groups -OCH3 is 1. The number of aliphatic hydroxyl groups excluding tert-OH is 1. The molecule has 0 radical (unpaired) electrons. The molecular formula is C13H18N2O5. The molecule has 2 amide bonds. The van der Waals surface area contributed by atoms with Gasteiger partial charge in [-0.1, -0.05) is 0 Å². The van der Waals surface area contributed by atoms with Crippen molar-refractivity contribution < 1.29 is 24.5 Å². The highest BCUT2D eigenvalue weighted by Crippen LogP contribution is 2.21. The number of carbonyl (C=O) groups excluding carboxylic acids is 1. The average Bonchev–Trinajstić information content (AvgIpc) is 2.38. The minimum atomic E-state index is -1.47. The van der Waals surface area contributed by atoms with Crippen molar-refractivity contribution in [3.8, 4) is 5.75 Å². The molecule has 0 saturated carbocycles. The monoisotopic (exact) mass is 282 g/mol. The van der Waals surface area contributed by atoms with E-state index in [0.29, 0.717) is 5.69 Å². The highest BCUT2D eigenvalue weighted by atomic mass is 16.5. The van der Waals surface area contributed by atoms with Gasteiger partial charge in [-0.15, -0.1) is 0 Å². The van der Waals surface area contributed by atoms with E-state index in [9.17, 15) is 9.59 Å². The maximum Gasteiger partial charge on any atom is 0.332 e. The molecule has 1 rings (SSSR count).